The first-order valence-electron chi connectivity index (χ1n) is 6.00. The molecule has 0 amide bonds. The highest BCUT2D eigenvalue weighted by atomic mass is 127. The molecule has 0 radical (unpaired) electrons. The normalized spacial score (nSPS) is 18.7. The highest BCUT2D eigenvalue weighted by molar-refractivity contribution is 14.1. The lowest BCUT2D eigenvalue weighted by Crippen LogP contribution is -2.11. The largest absolute Gasteiger partial charge is 0.388 e. The quantitative estimate of drug-likeness (QED) is 0.776. The molecule has 94 valence electrons. The van der Waals surface area contributed by atoms with Crippen LogP contribution in [0.1, 0.15) is 30.2 Å². The van der Waals surface area contributed by atoms with Crippen LogP contribution >= 0.6 is 22.6 Å². The maximum absolute atomic E-state index is 13.1. The van der Waals surface area contributed by atoms with Gasteiger partial charge in [-0.25, -0.2) is 4.39 Å². The maximum atomic E-state index is 13.1. The number of aliphatic hydroxyl groups excluding tert-OH is 1. The number of halogens is 2. The molecule has 0 saturated carbocycles. The molecule has 18 heavy (non-hydrogen) atoms. The Balaban J connectivity index is 2.12. The van der Waals surface area contributed by atoms with Crippen molar-refractivity contribution < 1.29 is 9.50 Å². The highest BCUT2D eigenvalue weighted by Gasteiger charge is 2.22. The van der Waals surface area contributed by atoms with Crippen LogP contribution < -0.4 is 0 Å². The topological polar surface area (TPSA) is 25.2 Å². The monoisotopic (exact) mass is 357 g/mol. The van der Waals surface area contributed by atoms with E-state index in [4.69, 9.17) is 0 Å². The second kappa shape index (κ2) is 4.66. The summed E-state index contributed by atoms with van der Waals surface area (Å²) >= 11 is 2.14. The van der Waals surface area contributed by atoms with Gasteiger partial charge >= 0.3 is 0 Å². The summed E-state index contributed by atoms with van der Waals surface area (Å²) in [5.41, 5.74) is 3.15. The molecule has 0 aliphatic heterocycles. The maximum Gasteiger partial charge on any atom is 0.124 e. The Morgan fingerprint density at radius 1 is 1.33 bits per heavy atom. The van der Waals surface area contributed by atoms with Gasteiger partial charge in [0.2, 0.25) is 0 Å². The molecule has 2 aromatic rings. The molecule has 4 heteroatoms. The predicted octanol–water partition coefficient (Wildman–Crippen LogP) is 3.59. The van der Waals surface area contributed by atoms with Crippen molar-refractivity contribution in [3.05, 3.63) is 51.1 Å². The first-order chi connectivity index (χ1) is 8.66. The van der Waals surface area contributed by atoms with E-state index in [-0.39, 0.29) is 11.9 Å². The molecule has 1 N–H and O–H groups in total. The molecule has 0 spiro atoms. The number of fused-ring (bicyclic) bond motifs is 1. The molecule has 1 atom stereocenters. The van der Waals surface area contributed by atoms with Gasteiger partial charge in [0, 0.05) is 21.0 Å². The average Bonchev–Trinajstić information content (AvgIpc) is 2.74. The summed E-state index contributed by atoms with van der Waals surface area (Å²) in [6.45, 7) is 0. The third-order valence-electron chi connectivity index (χ3n) is 3.45. The zero-order valence-corrected chi connectivity index (χ0v) is 11.9. The number of aromatic nitrogens is 1. The molecule has 2 nitrogen and oxygen atoms in total. The number of aliphatic hydroxyl groups is 1. The van der Waals surface area contributed by atoms with Gasteiger partial charge in [-0.15, -0.1) is 0 Å². The molecule has 3 rings (SSSR count). The van der Waals surface area contributed by atoms with Crippen LogP contribution in [0.25, 0.3) is 5.69 Å². The number of hydrogen-bond donors (Lipinski definition) is 1. The van der Waals surface area contributed by atoms with Gasteiger partial charge in [-0.1, -0.05) is 0 Å². The van der Waals surface area contributed by atoms with Gasteiger partial charge in [-0.3, -0.25) is 0 Å². The molecule has 1 aromatic heterocycles. The third kappa shape index (κ3) is 1.97. The van der Waals surface area contributed by atoms with Crippen molar-refractivity contribution in [2.24, 2.45) is 0 Å². The summed E-state index contributed by atoms with van der Waals surface area (Å²) in [5.74, 6) is -0.218. The van der Waals surface area contributed by atoms with Crippen molar-refractivity contribution in [2.45, 2.75) is 25.4 Å². The van der Waals surface area contributed by atoms with Crippen LogP contribution in [-0.2, 0) is 6.42 Å². The third-order valence-corrected chi connectivity index (χ3v) is 4.31. The Hall–Kier alpha value is -0.880. The molecule has 0 saturated heterocycles. The first kappa shape index (κ1) is 12.2. The van der Waals surface area contributed by atoms with Gasteiger partial charge in [0.25, 0.3) is 0 Å². The minimum Gasteiger partial charge on any atom is -0.388 e. The summed E-state index contributed by atoms with van der Waals surface area (Å²) in [7, 11) is 0. The molecule has 1 heterocycles. The summed E-state index contributed by atoms with van der Waals surface area (Å²) in [5, 5.41) is 9.96. The van der Waals surface area contributed by atoms with E-state index in [1.54, 1.807) is 6.07 Å². The minimum absolute atomic E-state index is 0.218. The Morgan fingerprint density at radius 2 is 2.17 bits per heavy atom. The predicted molar refractivity (Wildman–Crippen MR) is 76.3 cm³/mol. The summed E-state index contributed by atoms with van der Waals surface area (Å²) in [6.07, 6.45) is 4.41. The number of nitrogens with zero attached hydrogens (tertiary/aromatic N) is 1. The second-order valence-corrected chi connectivity index (χ2v) is 5.75. The van der Waals surface area contributed by atoms with Crippen LogP contribution in [0.5, 0.6) is 0 Å². The van der Waals surface area contributed by atoms with Crippen LogP contribution in [0.15, 0.2) is 30.5 Å². The van der Waals surface area contributed by atoms with Gasteiger partial charge in [0.05, 0.1) is 11.8 Å². The molecular weight excluding hydrogens is 344 g/mol. The standard InChI is InChI=1S/C14H13FINO/c15-9-4-5-13(11(16)8-9)17-7-6-10-12(17)2-1-3-14(10)18/h4-8,14,18H,1-3H2. The van der Waals surface area contributed by atoms with Crippen LogP contribution in [0.4, 0.5) is 4.39 Å². The smallest absolute Gasteiger partial charge is 0.124 e. The van der Waals surface area contributed by atoms with Gasteiger partial charge in [-0.2, -0.15) is 0 Å². The molecule has 1 aliphatic carbocycles. The van der Waals surface area contributed by atoms with E-state index in [0.717, 1.165) is 39.8 Å². The van der Waals surface area contributed by atoms with Crippen molar-refractivity contribution in [1.82, 2.24) is 4.57 Å². The SMILES string of the molecule is OC1CCCc2c1ccn2-c1ccc(F)cc1I. The van der Waals surface area contributed by atoms with Crippen LogP contribution in [0, 0.1) is 9.39 Å². The Morgan fingerprint density at radius 3 is 2.94 bits per heavy atom. The van der Waals surface area contributed by atoms with E-state index in [0.29, 0.717) is 0 Å². The van der Waals surface area contributed by atoms with Gasteiger partial charge < -0.3 is 9.67 Å². The van der Waals surface area contributed by atoms with Crippen LogP contribution in [-0.4, -0.2) is 9.67 Å². The van der Waals surface area contributed by atoms with E-state index >= 15 is 0 Å². The molecule has 1 aliphatic rings. The first-order valence-corrected chi connectivity index (χ1v) is 7.08. The lowest BCUT2D eigenvalue weighted by Gasteiger charge is -2.20. The molecule has 1 aromatic carbocycles. The Kier molecular flexibility index (Phi) is 3.15. The Labute approximate surface area is 119 Å². The molecule has 0 bridgehead atoms. The zero-order chi connectivity index (χ0) is 12.7. The fraction of sp³-hybridized carbons (Fsp3) is 0.286. The van der Waals surface area contributed by atoms with Crippen LogP contribution in [0.3, 0.4) is 0 Å². The fourth-order valence-corrected chi connectivity index (χ4v) is 3.31. The number of hydrogen-bond acceptors (Lipinski definition) is 1. The van der Waals surface area contributed by atoms with Crippen molar-refractivity contribution in [3.8, 4) is 5.69 Å². The number of rotatable bonds is 1. The number of benzene rings is 1. The van der Waals surface area contributed by atoms with E-state index in [2.05, 4.69) is 27.2 Å². The lowest BCUT2D eigenvalue weighted by molar-refractivity contribution is 0.156. The summed E-state index contributed by atoms with van der Waals surface area (Å²) < 4.78 is 16.1. The van der Waals surface area contributed by atoms with Gasteiger partial charge in [-0.05, 0) is 66.1 Å². The molecule has 0 fully saturated rings. The van der Waals surface area contributed by atoms with Crippen molar-refractivity contribution in [3.63, 3.8) is 0 Å². The van der Waals surface area contributed by atoms with Gasteiger partial charge in [0.15, 0.2) is 0 Å². The van der Waals surface area contributed by atoms with E-state index in [9.17, 15) is 9.50 Å². The summed E-state index contributed by atoms with van der Waals surface area (Å²) in [4.78, 5) is 0. The zero-order valence-electron chi connectivity index (χ0n) is 9.74. The summed E-state index contributed by atoms with van der Waals surface area (Å²) in [6, 6.07) is 6.77. The minimum atomic E-state index is -0.354. The Bertz CT molecular complexity index is 593. The molecular formula is C14H13FINO. The molecule has 1 unspecified atom stereocenters. The van der Waals surface area contributed by atoms with Crippen molar-refractivity contribution >= 4 is 22.6 Å². The van der Waals surface area contributed by atoms with Crippen molar-refractivity contribution in [2.75, 3.05) is 0 Å². The van der Waals surface area contributed by atoms with Gasteiger partial charge in [0.1, 0.15) is 5.82 Å². The van der Waals surface area contributed by atoms with E-state index in [1.807, 2.05) is 12.3 Å². The van der Waals surface area contributed by atoms with E-state index in [1.165, 1.54) is 12.1 Å². The van der Waals surface area contributed by atoms with Crippen LogP contribution in [0.2, 0.25) is 0 Å². The second-order valence-electron chi connectivity index (χ2n) is 4.59. The van der Waals surface area contributed by atoms with E-state index < -0.39 is 0 Å². The van der Waals surface area contributed by atoms with Crippen molar-refractivity contribution in [1.29, 1.82) is 0 Å². The lowest BCUT2D eigenvalue weighted by atomic mass is 9.95. The fourth-order valence-electron chi connectivity index (χ4n) is 2.57. The highest BCUT2D eigenvalue weighted by Crippen LogP contribution is 2.33. The average molecular weight is 357 g/mol.